The minimum Gasteiger partial charge on any atom is -0.343 e. The predicted molar refractivity (Wildman–Crippen MR) is 85.9 cm³/mol. The van der Waals surface area contributed by atoms with Crippen LogP contribution in [0.4, 0.5) is 0 Å². The second-order valence-corrected chi connectivity index (χ2v) is 7.11. The lowest BCUT2D eigenvalue weighted by atomic mass is 10.0. The molecular formula is C17H32N2O2. The fraction of sp³-hybridized carbons (Fsp3) is 0.882. The highest BCUT2D eigenvalue weighted by Gasteiger charge is 2.32. The van der Waals surface area contributed by atoms with Gasteiger partial charge >= 0.3 is 0 Å². The van der Waals surface area contributed by atoms with Gasteiger partial charge in [0.2, 0.25) is 11.8 Å². The number of nitrogens with one attached hydrogen (secondary N) is 1. The number of unbranched alkanes of at least 4 members (excludes halogenated alkanes) is 3. The first-order chi connectivity index (χ1) is 9.90. The van der Waals surface area contributed by atoms with Gasteiger partial charge in [0.25, 0.3) is 0 Å². The Labute approximate surface area is 129 Å². The van der Waals surface area contributed by atoms with E-state index in [-0.39, 0.29) is 24.4 Å². The predicted octanol–water partition coefficient (Wildman–Crippen LogP) is 2.97. The van der Waals surface area contributed by atoms with Gasteiger partial charge in [-0.05, 0) is 24.7 Å². The molecule has 21 heavy (non-hydrogen) atoms. The summed E-state index contributed by atoms with van der Waals surface area (Å²) in [6.45, 7) is 9.61. The van der Waals surface area contributed by atoms with E-state index in [0.717, 1.165) is 31.7 Å². The van der Waals surface area contributed by atoms with Crippen molar-refractivity contribution < 1.29 is 9.59 Å². The number of carbonyl (C=O) groups is 2. The highest BCUT2D eigenvalue weighted by molar-refractivity contribution is 5.94. The lowest BCUT2D eigenvalue weighted by Crippen LogP contribution is -2.58. The molecule has 122 valence electrons. The van der Waals surface area contributed by atoms with Crippen LogP contribution in [0.2, 0.25) is 0 Å². The van der Waals surface area contributed by atoms with E-state index in [9.17, 15) is 9.59 Å². The third kappa shape index (κ3) is 6.96. The summed E-state index contributed by atoms with van der Waals surface area (Å²) in [7, 11) is 0. The lowest BCUT2D eigenvalue weighted by Gasteiger charge is -2.33. The number of hydrogen-bond acceptors (Lipinski definition) is 2. The summed E-state index contributed by atoms with van der Waals surface area (Å²) < 4.78 is 0. The van der Waals surface area contributed by atoms with Crippen LogP contribution in [0.15, 0.2) is 0 Å². The van der Waals surface area contributed by atoms with Gasteiger partial charge in [0, 0.05) is 6.54 Å². The van der Waals surface area contributed by atoms with Crippen molar-refractivity contribution in [3.8, 4) is 0 Å². The Morgan fingerprint density at radius 1 is 1.05 bits per heavy atom. The molecule has 0 aromatic rings. The second-order valence-electron chi connectivity index (χ2n) is 7.11. The largest absolute Gasteiger partial charge is 0.343 e. The Hall–Kier alpha value is -1.06. The molecule has 0 radical (unpaired) electrons. The number of amides is 2. The maximum absolute atomic E-state index is 12.3. The zero-order valence-corrected chi connectivity index (χ0v) is 14.2. The van der Waals surface area contributed by atoms with E-state index in [2.05, 4.69) is 33.0 Å². The van der Waals surface area contributed by atoms with Crippen LogP contribution in [0.1, 0.15) is 66.2 Å². The van der Waals surface area contributed by atoms with E-state index in [1.807, 2.05) is 0 Å². The maximum Gasteiger partial charge on any atom is 0.245 e. The van der Waals surface area contributed by atoms with Crippen molar-refractivity contribution in [2.45, 2.75) is 72.3 Å². The topological polar surface area (TPSA) is 49.4 Å². The van der Waals surface area contributed by atoms with Crippen LogP contribution >= 0.6 is 0 Å². The van der Waals surface area contributed by atoms with Crippen LogP contribution in [-0.4, -0.2) is 35.8 Å². The fourth-order valence-corrected chi connectivity index (χ4v) is 2.80. The molecule has 1 aliphatic rings. The van der Waals surface area contributed by atoms with Crippen LogP contribution in [0.5, 0.6) is 0 Å². The standard InChI is InChI=1S/C17H32N2O2/c1-13(2)9-7-5-6-8-10-19-12-16(20)18-15(17(19)21)11-14(3)4/h13-15H,5-12H2,1-4H3,(H,18,20). The van der Waals surface area contributed by atoms with Crippen molar-refractivity contribution in [2.24, 2.45) is 11.8 Å². The molecule has 1 N–H and O–H groups in total. The molecule has 2 amide bonds. The lowest BCUT2D eigenvalue weighted by molar-refractivity contribution is -0.144. The van der Waals surface area contributed by atoms with Gasteiger partial charge in [0.1, 0.15) is 6.04 Å². The van der Waals surface area contributed by atoms with Crippen LogP contribution in [0.3, 0.4) is 0 Å². The normalized spacial score (nSPS) is 19.5. The summed E-state index contributed by atoms with van der Waals surface area (Å²) in [6.07, 6.45) is 6.65. The van der Waals surface area contributed by atoms with Gasteiger partial charge in [0.05, 0.1) is 6.54 Å². The fourth-order valence-electron chi connectivity index (χ4n) is 2.80. The minimum atomic E-state index is -0.313. The summed E-state index contributed by atoms with van der Waals surface area (Å²) in [5, 5.41) is 2.82. The molecule has 1 aliphatic heterocycles. The molecule has 0 aromatic heterocycles. The molecule has 1 unspecified atom stereocenters. The van der Waals surface area contributed by atoms with Gasteiger partial charge in [-0.25, -0.2) is 0 Å². The zero-order valence-electron chi connectivity index (χ0n) is 14.2. The molecule has 1 atom stereocenters. The number of rotatable bonds is 9. The molecule has 1 rings (SSSR count). The summed E-state index contributed by atoms with van der Waals surface area (Å²) >= 11 is 0. The highest BCUT2D eigenvalue weighted by Crippen LogP contribution is 2.14. The summed E-state index contributed by atoms with van der Waals surface area (Å²) in [5.74, 6) is 1.27. The van der Waals surface area contributed by atoms with Gasteiger partial charge in [-0.2, -0.15) is 0 Å². The first-order valence-electron chi connectivity index (χ1n) is 8.48. The first-order valence-corrected chi connectivity index (χ1v) is 8.48. The maximum atomic E-state index is 12.3. The molecule has 0 saturated carbocycles. The number of hydrogen-bond donors (Lipinski definition) is 1. The van der Waals surface area contributed by atoms with E-state index >= 15 is 0 Å². The Bertz CT molecular complexity index is 340. The van der Waals surface area contributed by atoms with E-state index in [1.165, 1.54) is 19.3 Å². The van der Waals surface area contributed by atoms with Crippen molar-refractivity contribution in [1.82, 2.24) is 10.2 Å². The van der Waals surface area contributed by atoms with Crippen molar-refractivity contribution in [2.75, 3.05) is 13.1 Å². The molecule has 1 fully saturated rings. The number of carbonyl (C=O) groups excluding carboxylic acids is 2. The summed E-state index contributed by atoms with van der Waals surface area (Å²) in [5.41, 5.74) is 0. The second kappa shape index (κ2) is 9.06. The van der Waals surface area contributed by atoms with E-state index < -0.39 is 0 Å². The molecule has 0 aromatic carbocycles. The molecule has 0 aliphatic carbocycles. The third-order valence-corrected chi connectivity index (χ3v) is 3.95. The smallest absolute Gasteiger partial charge is 0.245 e. The van der Waals surface area contributed by atoms with E-state index in [1.54, 1.807) is 4.90 Å². The first kappa shape index (κ1) is 18.0. The van der Waals surface area contributed by atoms with Gasteiger partial charge in [-0.3, -0.25) is 9.59 Å². The van der Waals surface area contributed by atoms with Crippen LogP contribution in [-0.2, 0) is 9.59 Å². The molecule has 1 heterocycles. The SMILES string of the molecule is CC(C)CCCCCCN1CC(=O)NC(CC(C)C)C1=O. The van der Waals surface area contributed by atoms with Crippen molar-refractivity contribution in [1.29, 1.82) is 0 Å². The van der Waals surface area contributed by atoms with Crippen LogP contribution < -0.4 is 5.32 Å². The van der Waals surface area contributed by atoms with Crippen molar-refractivity contribution in [3.05, 3.63) is 0 Å². The molecule has 4 nitrogen and oxygen atoms in total. The van der Waals surface area contributed by atoms with Crippen LogP contribution in [0.25, 0.3) is 0 Å². The Kier molecular flexibility index (Phi) is 7.76. The summed E-state index contributed by atoms with van der Waals surface area (Å²) in [6, 6.07) is -0.313. The molecular weight excluding hydrogens is 264 g/mol. The van der Waals surface area contributed by atoms with Gasteiger partial charge in [-0.1, -0.05) is 53.4 Å². The van der Waals surface area contributed by atoms with Crippen molar-refractivity contribution in [3.63, 3.8) is 0 Å². The monoisotopic (exact) mass is 296 g/mol. The zero-order chi connectivity index (χ0) is 15.8. The average molecular weight is 296 g/mol. The van der Waals surface area contributed by atoms with Gasteiger partial charge < -0.3 is 10.2 Å². The number of nitrogens with zero attached hydrogens (tertiary/aromatic N) is 1. The Morgan fingerprint density at radius 2 is 1.71 bits per heavy atom. The minimum absolute atomic E-state index is 0.0138. The Morgan fingerprint density at radius 3 is 2.33 bits per heavy atom. The van der Waals surface area contributed by atoms with Crippen molar-refractivity contribution >= 4 is 11.8 Å². The average Bonchev–Trinajstić information content (AvgIpc) is 2.37. The third-order valence-electron chi connectivity index (χ3n) is 3.95. The molecule has 0 spiro atoms. The van der Waals surface area contributed by atoms with E-state index in [0.29, 0.717) is 5.92 Å². The van der Waals surface area contributed by atoms with Gasteiger partial charge in [-0.15, -0.1) is 0 Å². The molecule has 4 heteroatoms. The highest BCUT2D eigenvalue weighted by atomic mass is 16.2. The number of piperazine rings is 1. The molecule has 1 saturated heterocycles. The summed E-state index contributed by atoms with van der Waals surface area (Å²) in [4.78, 5) is 25.8. The quantitative estimate of drug-likeness (QED) is 0.665. The van der Waals surface area contributed by atoms with Crippen LogP contribution in [0, 0.1) is 11.8 Å². The molecule has 0 bridgehead atoms. The Balaban J connectivity index is 2.29. The van der Waals surface area contributed by atoms with E-state index in [4.69, 9.17) is 0 Å². The van der Waals surface area contributed by atoms with Gasteiger partial charge in [0.15, 0.2) is 0 Å².